The lowest BCUT2D eigenvalue weighted by Crippen LogP contribution is -2.21. The summed E-state index contributed by atoms with van der Waals surface area (Å²) in [6.07, 6.45) is -2.62. The zero-order chi connectivity index (χ0) is 15.6. The average molecular weight is 297 g/mol. The van der Waals surface area contributed by atoms with E-state index < -0.39 is 11.7 Å². The molecule has 2 rings (SSSR count). The molecule has 2 aromatic rings. The van der Waals surface area contributed by atoms with Gasteiger partial charge in [0.05, 0.1) is 11.8 Å². The monoisotopic (exact) mass is 297 g/mol. The summed E-state index contributed by atoms with van der Waals surface area (Å²) in [5, 5.41) is 0. The number of aldehydes is 1. The molecule has 0 fully saturated rings. The summed E-state index contributed by atoms with van der Waals surface area (Å²) in [4.78, 5) is 12.2. The molecule has 1 aromatic carbocycles. The van der Waals surface area contributed by atoms with Gasteiger partial charge in [-0.05, 0) is 31.2 Å². The minimum Gasteiger partial charge on any atom is -0.469 e. The van der Waals surface area contributed by atoms with Crippen LogP contribution < -0.4 is 4.90 Å². The second-order valence-electron chi connectivity index (χ2n) is 4.75. The van der Waals surface area contributed by atoms with Crippen LogP contribution in [-0.2, 0) is 12.7 Å². The van der Waals surface area contributed by atoms with E-state index in [0.29, 0.717) is 12.0 Å². The summed E-state index contributed by atoms with van der Waals surface area (Å²) in [6, 6.07) is 5.26. The van der Waals surface area contributed by atoms with Crippen molar-refractivity contribution in [2.45, 2.75) is 19.6 Å². The van der Waals surface area contributed by atoms with E-state index in [1.807, 2.05) is 0 Å². The van der Waals surface area contributed by atoms with Gasteiger partial charge in [-0.25, -0.2) is 0 Å². The number of anilines is 1. The third-order valence-electron chi connectivity index (χ3n) is 3.25. The minimum absolute atomic E-state index is 0.000957. The molecule has 0 bridgehead atoms. The van der Waals surface area contributed by atoms with Crippen molar-refractivity contribution in [2.75, 3.05) is 11.9 Å². The SMILES string of the molecule is Cc1occc1CN(C)c1ccc(C=O)cc1C(F)(F)F. The van der Waals surface area contributed by atoms with Gasteiger partial charge in [0.2, 0.25) is 0 Å². The van der Waals surface area contributed by atoms with Gasteiger partial charge in [-0.1, -0.05) is 0 Å². The summed E-state index contributed by atoms with van der Waals surface area (Å²) in [6.45, 7) is 2.04. The van der Waals surface area contributed by atoms with E-state index in [0.717, 1.165) is 11.6 Å². The van der Waals surface area contributed by atoms with Crippen LogP contribution >= 0.6 is 0 Å². The number of carbonyl (C=O) groups excluding carboxylic acids is 1. The third-order valence-corrected chi connectivity index (χ3v) is 3.25. The number of benzene rings is 1. The number of rotatable bonds is 4. The van der Waals surface area contributed by atoms with E-state index in [1.165, 1.54) is 23.3 Å². The molecule has 3 nitrogen and oxygen atoms in total. The number of aryl methyl sites for hydroxylation is 1. The van der Waals surface area contributed by atoms with Crippen LogP contribution in [0.4, 0.5) is 18.9 Å². The maximum Gasteiger partial charge on any atom is 0.418 e. The quantitative estimate of drug-likeness (QED) is 0.798. The maximum absolute atomic E-state index is 13.1. The zero-order valence-corrected chi connectivity index (χ0v) is 11.6. The molecule has 0 saturated carbocycles. The van der Waals surface area contributed by atoms with Crippen LogP contribution in [-0.4, -0.2) is 13.3 Å². The number of halogens is 3. The van der Waals surface area contributed by atoms with E-state index in [-0.39, 0.29) is 17.8 Å². The molecule has 0 N–H and O–H groups in total. The van der Waals surface area contributed by atoms with E-state index >= 15 is 0 Å². The van der Waals surface area contributed by atoms with Gasteiger partial charge in [0.25, 0.3) is 0 Å². The summed E-state index contributed by atoms with van der Waals surface area (Å²) in [5.74, 6) is 0.667. The first-order chi connectivity index (χ1) is 9.82. The Hall–Kier alpha value is -2.24. The Bertz CT molecular complexity index is 647. The van der Waals surface area contributed by atoms with Gasteiger partial charge in [-0.3, -0.25) is 4.79 Å². The Morgan fingerprint density at radius 1 is 1.29 bits per heavy atom. The minimum atomic E-state index is -4.52. The molecule has 0 aliphatic rings. The van der Waals surface area contributed by atoms with Gasteiger partial charge < -0.3 is 9.32 Å². The molecule has 0 unspecified atom stereocenters. The van der Waals surface area contributed by atoms with Crippen molar-refractivity contribution in [3.8, 4) is 0 Å². The second kappa shape index (κ2) is 5.63. The molecule has 1 heterocycles. The van der Waals surface area contributed by atoms with Crippen molar-refractivity contribution in [2.24, 2.45) is 0 Å². The lowest BCUT2D eigenvalue weighted by atomic mass is 10.1. The normalized spacial score (nSPS) is 11.5. The second-order valence-corrected chi connectivity index (χ2v) is 4.75. The van der Waals surface area contributed by atoms with Gasteiger partial charge in [-0.2, -0.15) is 13.2 Å². The number of nitrogens with zero attached hydrogens (tertiary/aromatic N) is 1. The Morgan fingerprint density at radius 3 is 2.52 bits per heavy atom. The Morgan fingerprint density at radius 2 is 2.00 bits per heavy atom. The molecule has 0 aliphatic heterocycles. The van der Waals surface area contributed by atoms with E-state index in [1.54, 1.807) is 20.0 Å². The highest BCUT2D eigenvalue weighted by molar-refractivity contribution is 5.77. The first kappa shape index (κ1) is 15.2. The van der Waals surface area contributed by atoms with E-state index in [2.05, 4.69) is 0 Å². The molecule has 0 amide bonds. The number of carbonyl (C=O) groups is 1. The molecule has 21 heavy (non-hydrogen) atoms. The van der Waals surface area contributed by atoms with Gasteiger partial charge >= 0.3 is 6.18 Å². The molecule has 0 aliphatic carbocycles. The standard InChI is InChI=1S/C15H14F3NO2/c1-10-12(5-6-21-10)8-19(2)14-4-3-11(9-20)7-13(14)15(16,17)18/h3-7,9H,8H2,1-2H3. The van der Waals surface area contributed by atoms with Gasteiger partial charge in [0.1, 0.15) is 12.0 Å². The van der Waals surface area contributed by atoms with Crippen molar-refractivity contribution in [1.29, 1.82) is 0 Å². The molecule has 0 saturated heterocycles. The van der Waals surface area contributed by atoms with Crippen molar-refractivity contribution >= 4 is 12.0 Å². The van der Waals surface area contributed by atoms with Crippen LogP contribution in [0.2, 0.25) is 0 Å². The average Bonchev–Trinajstić information content (AvgIpc) is 2.82. The first-order valence-corrected chi connectivity index (χ1v) is 6.23. The fraction of sp³-hybridized carbons (Fsp3) is 0.267. The first-order valence-electron chi connectivity index (χ1n) is 6.23. The smallest absolute Gasteiger partial charge is 0.418 e. The molecule has 112 valence electrons. The molecule has 0 atom stereocenters. The number of hydrogen-bond donors (Lipinski definition) is 0. The molecular formula is C15H14F3NO2. The van der Waals surface area contributed by atoms with E-state index in [9.17, 15) is 18.0 Å². The number of hydrogen-bond acceptors (Lipinski definition) is 3. The molecule has 6 heteroatoms. The van der Waals surface area contributed by atoms with Crippen molar-refractivity contribution in [3.63, 3.8) is 0 Å². The van der Waals surface area contributed by atoms with Crippen LogP contribution in [0.15, 0.2) is 34.9 Å². The van der Waals surface area contributed by atoms with Gasteiger partial charge in [0, 0.05) is 30.4 Å². The van der Waals surface area contributed by atoms with Crippen LogP contribution in [0.3, 0.4) is 0 Å². The Kier molecular flexibility index (Phi) is 4.06. The summed E-state index contributed by atoms with van der Waals surface area (Å²) in [7, 11) is 1.57. The van der Waals surface area contributed by atoms with Gasteiger partial charge in [-0.15, -0.1) is 0 Å². The predicted molar refractivity (Wildman–Crippen MR) is 72.4 cm³/mol. The van der Waals surface area contributed by atoms with Crippen molar-refractivity contribution in [1.82, 2.24) is 0 Å². The van der Waals surface area contributed by atoms with Crippen LogP contribution in [0.25, 0.3) is 0 Å². The predicted octanol–water partition coefficient (Wildman–Crippen LogP) is 4.06. The maximum atomic E-state index is 13.1. The van der Waals surface area contributed by atoms with Crippen LogP contribution in [0, 0.1) is 6.92 Å². The molecular weight excluding hydrogens is 283 g/mol. The molecule has 0 spiro atoms. The highest BCUT2D eigenvalue weighted by atomic mass is 19.4. The third kappa shape index (κ3) is 3.26. The van der Waals surface area contributed by atoms with Crippen LogP contribution in [0.1, 0.15) is 27.2 Å². The largest absolute Gasteiger partial charge is 0.469 e. The summed E-state index contributed by atoms with van der Waals surface area (Å²) < 4.78 is 44.5. The van der Waals surface area contributed by atoms with E-state index in [4.69, 9.17) is 4.42 Å². The van der Waals surface area contributed by atoms with Crippen molar-refractivity contribution in [3.05, 3.63) is 53.0 Å². The zero-order valence-electron chi connectivity index (χ0n) is 11.6. The Labute approximate surface area is 120 Å². The lowest BCUT2D eigenvalue weighted by Gasteiger charge is -2.23. The van der Waals surface area contributed by atoms with Crippen LogP contribution in [0.5, 0.6) is 0 Å². The highest BCUT2D eigenvalue weighted by Gasteiger charge is 2.34. The lowest BCUT2D eigenvalue weighted by molar-refractivity contribution is -0.137. The molecule has 0 radical (unpaired) electrons. The fourth-order valence-corrected chi connectivity index (χ4v) is 2.10. The topological polar surface area (TPSA) is 33.5 Å². The number of furan rings is 1. The summed E-state index contributed by atoms with van der Waals surface area (Å²) >= 11 is 0. The number of alkyl halides is 3. The fourth-order valence-electron chi connectivity index (χ4n) is 2.10. The molecule has 1 aromatic heterocycles. The summed E-state index contributed by atoms with van der Waals surface area (Å²) in [5.41, 5.74) is 0.00787. The van der Waals surface area contributed by atoms with Crippen molar-refractivity contribution < 1.29 is 22.4 Å². The van der Waals surface area contributed by atoms with Gasteiger partial charge in [0.15, 0.2) is 0 Å². The Balaban J connectivity index is 2.38. The highest BCUT2D eigenvalue weighted by Crippen LogP contribution is 2.37.